The number of hydrogen-bond donors (Lipinski definition) is 1. The van der Waals surface area contributed by atoms with E-state index >= 15 is 0 Å². The number of unbranched alkanes of at least 4 members (excludes halogenated alkanes) is 1. The monoisotopic (exact) mass is 417 g/mol. The number of methoxy groups -OCH3 is 1. The first kappa shape index (κ1) is 20.9. The number of hydrazone groups is 1. The highest BCUT2D eigenvalue weighted by Gasteiger charge is 2.49. The molecular formula is C20H24ClN5O3. The minimum atomic E-state index is -1.22. The molecule has 1 aromatic carbocycles. The molecule has 1 atom stereocenters. The van der Waals surface area contributed by atoms with Crippen LogP contribution in [0.3, 0.4) is 0 Å². The van der Waals surface area contributed by atoms with Gasteiger partial charge in [0.05, 0.1) is 24.6 Å². The highest BCUT2D eigenvalue weighted by molar-refractivity contribution is 6.32. The van der Waals surface area contributed by atoms with Crippen molar-refractivity contribution in [2.24, 2.45) is 5.10 Å². The number of rotatable bonds is 7. The third-order valence-corrected chi connectivity index (χ3v) is 5.37. The molecule has 154 valence electrons. The maximum absolute atomic E-state index is 13.0. The third-order valence-electron chi connectivity index (χ3n) is 4.97. The van der Waals surface area contributed by atoms with Crippen LogP contribution in [0, 0.1) is 6.92 Å². The standard InChI is InChI=1S/C20H24ClN5O3/c1-5-6-11-25-17(21)16(13(2)24-25)12-22-26-18(27)20(3,23-19(26)28)14-7-9-15(29-4)10-8-14/h7-10,12H,5-6,11H2,1-4H3,(H,23,28)/t20-/m1/s1. The van der Waals surface area contributed by atoms with Gasteiger partial charge in [0.2, 0.25) is 0 Å². The number of carbonyl (C=O) groups excluding carboxylic acids is 2. The lowest BCUT2D eigenvalue weighted by Gasteiger charge is -2.21. The quantitative estimate of drug-likeness (QED) is 0.552. The Bertz CT molecular complexity index is 954. The van der Waals surface area contributed by atoms with Gasteiger partial charge in [0.15, 0.2) is 0 Å². The molecule has 0 aliphatic carbocycles. The first-order chi connectivity index (χ1) is 13.8. The summed E-state index contributed by atoms with van der Waals surface area (Å²) in [7, 11) is 1.56. The molecular weight excluding hydrogens is 394 g/mol. The number of urea groups is 1. The molecule has 2 heterocycles. The van der Waals surface area contributed by atoms with Crippen LogP contribution in [0.4, 0.5) is 4.79 Å². The van der Waals surface area contributed by atoms with Gasteiger partial charge >= 0.3 is 6.03 Å². The minimum Gasteiger partial charge on any atom is -0.497 e. The Labute approximate surface area is 174 Å². The van der Waals surface area contributed by atoms with Crippen molar-refractivity contribution in [2.75, 3.05) is 7.11 Å². The zero-order chi connectivity index (χ0) is 21.2. The van der Waals surface area contributed by atoms with Crippen molar-refractivity contribution in [1.82, 2.24) is 20.1 Å². The van der Waals surface area contributed by atoms with Crippen LogP contribution in [-0.2, 0) is 16.9 Å². The summed E-state index contributed by atoms with van der Waals surface area (Å²) >= 11 is 6.40. The fourth-order valence-corrected chi connectivity index (χ4v) is 3.44. The van der Waals surface area contributed by atoms with Gasteiger partial charge in [0, 0.05) is 6.54 Å². The van der Waals surface area contributed by atoms with Gasteiger partial charge < -0.3 is 10.1 Å². The van der Waals surface area contributed by atoms with E-state index in [1.54, 1.807) is 43.0 Å². The predicted octanol–water partition coefficient (Wildman–Crippen LogP) is 3.45. The molecule has 1 aliphatic heterocycles. The molecule has 9 heteroatoms. The van der Waals surface area contributed by atoms with Crippen LogP contribution in [0.1, 0.15) is 43.5 Å². The van der Waals surface area contributed by atoms with Crippen LogP contribution in [0.2, 0.25) is 5.15 Å². The highest BCUT2D eigenvalue weighted by Crippen LogP contribution is 2.30. The van der Waals surface area contributed by atoms with Gasteiger partial charge in [0.1, 0.15) is 16.4 Å². The lowest BCUT2D eigenvalue weighted by atomic mass is 9.92. The molecule has 0 radical (unpaired) electrons. The molecule has 1 N–H and O–H groups in total. The number of aryl methyl sites for hydroxylation is 2. The largest absolute Gasteiger partial charge is 0.497 e. The van der Waals surface area contributed by atoms with Gasteiger partial charge in [-0.2, -0.15) is 10.2 Å². The molecule has 1 aromatic heterocycles. The second kappa shape index (κ2) is 8.24. The van der Waals surface area contributed by atoms with E-state index < -0.39 is 17.5 Å². The van der Waals surface area contributed by atoms with Gasteiger partial charge in [-0.1, -0.05) is 37.1 Å². The van der Waals surface area contributed by atoms with E-state index in [1.165, 1.54) is 6.21 Å². The first-order valence-electron chi connectivity index (χ1n) is 9.40. The van der Waals surface area contributed by atoms with Crippen molar-refractivity contribution in [3.05, 3.63) is 46.2 Å². The van der Waals surface area contributed by atoms with Crippen LogP contribution in [0.5, 0.6) is 5.75 Å². The van der Waals surface area contributed by atoms with Crippen LogP contribution in [0.25, 0.3) is 0 Å². The molecule has 0 unspecified atom stereocenters. The Morgan fingerprint density at radius 3 is 2.62 bits per heavy atom. The molecule has 2 aromatic rings. The fraction of sp³-hybridized carbons (Fsp3) is 0.400. The van der Waals surface area contributed by atoms with Crippen molar-refractivity contribution in [3.63, 3.8) is 0 Å². The van der Waals surface area contributed by atoms with Crippen molar-refractivity contribution in [2.45, 2.75) is 45.7 Å². The van der Waals surface area contributed by atoms with Gasteiger partial charge in [-0.3, -0.25) is 9.48 Å². The zero-order valence-corrected chi connectivity index (χ0v) is 17.7. The summed E-state index contributed by atoms with van der Waals surface area (Å²) in [4.78, 5) is 25.4. The molecule has 1 aliphatic rings. The minimum absolute atomic E-state index is 0.435. The first-order valence-corrected chi connectivity index (χ1v) is 9.77. The van der Waals surface area contributed by atoms with Crippen molar-refractivity contribution in [1.29, 1.82) is 0 Å². The van der Waals surface area contributed by atoms with Crippen molar-refractivity contribution < 1.29 is 14.3 Å². The summed E-state index contributed by atoms with van der Waals surface area (Å²) in [6.45, 7) is 6.24. The zero-order valence-electron chi connectivity index (χ0n) is 16.9. The van der Waals surface area contributed by atoms with Crippen LogP contribution in [0.15, 0.2) is 29.4 Å². The molecule has 0 spiro atoms. The van der Waals surface area contributed by atoms with E-state index in [4.69, 9.17) is 16.3 Å². The maximum atomic E-state index is 13.0. The molecule has 0 bridgehead atoms. The van der Waals surface area contributed by atoms with Crippen LogP contribution >= 0.6 is 11.6 Å². The second-order valence-corrected chi connectivity index (χ2v) is 7.37. The van der Waals surface area contributed by atoms with E-state index in [1.807, 2.05) is 6.92 Å². The Kier molecular flexibility index (Phi) is 5.93. The second-order valence-electron chi connectivity index (χ2n) is 7.01. The maximum Gasteiger partial charge on any atom is 0.346 e. The molecule has 0 saturated carbocycles. The summed E-state index contributed by atoms with van der Waals surface area (Å²) in [5, 5.41) is 12.5. The summed E-state index contributed by atoms with van der Waals surface area (Å²) in [5.74, 6) is 0.185. The number of carbonyl (C=O) groups is 2. The Morgan fingerprint density at radius 1 is 1.31 bits per heavy atom. The average molecular weight is 418 g/mol. The summed E-state index contributed by atoms with van der Waals surface area (Å²) in [6, 6.07) is 6.35. The van der Waals surface area contributed by atoms with Crippen LogP contribution in [-0.4, -0.2) is 40.1 Å². The predicted molar refractivity (Wildman–Crippen MR) is 110 cm³/mol. The molecule has 3 amide bonds. The summed E-state index contributed by atoms with van der Waals surface area (Å²) in [6.07, 6.45) is 3.38. The Hall–Kier alpha value is -2.87. The Morgan fingerprint density at radius 2 is 2.00 bits per heavy atom. The van der Waals surface area contributed by atoms with Gasteiger partial charge in [-0.25, -0.2) is 4.79 Å². The van der Waals surface area contributed by atoms with E-state index in [-0.39, 0.29) is 0 Å². The molecule has 3 rings (SSSR count). The summed E-state index contributed by atoms with van der Waals surface area (Å²) in [5.41, 5.74) is 0.683. The van der Waals surface area contributed by atoms with E-state index in [2.05, 4.69) is 22.4 Å². The number of hydrogen-bond acceptors (Lipinski definition) is 5. The van der Waals surface area contributed by atoms with Crippen molar-refractivity contribution in [3.8, 4) is 5.75 Å². The normalized spacial score (nSPS) is 19.3. The smallest absolute Gasteiger partial charge is 0.346 e. The lowest BCUT2D eigenvalue weighted by molar-refractivity contribution is -0.131. The van der Waals surface area contributed by atoms with Crippen LogP contribution < -0.4 is 10.1 Å². The molecule has 1 saturated heterocycles. The SMILES string of the molecule is CCCCn1nc(C)c(C=NN2C(=O)N[C@](C)(c3ccc(OC)cc3)C2=O)c1Cl. The van der Waals surface area contributed by atoms with Gasteiger partial charge in [-0.15, -0.1) is 5.01 Å². The van der Waals surface area contributed by atoms with E-state index in [9.17, 15) is 9.59 Å². The highest BCUT2D eigenvalue weighted by atomic mass is 35.5. The number of imide groups is 1. The van der Waals surface area contributed by atoms with E-state index in [0.29, 0.717) is 34.3 Å². The number of nitrogens with one attached hydrogen (secondary N) is 1. The average Bonchev–Trinajstić information content (AvgIpc) is 3.11. The van der Waals surface area contributed by atoms with Gasteiger partial charge in [0.25, 0.3) is 5.91 Å². The van der Waals surface area contributed by atoms with Gasteiger partial charge in [-0.05, 0) is 38.0 Å². The number of nitrogens with zero attached hydrogens (tertiary/aromatic N) is 4. The number of aromatic nitrogens is 2. The van der Waals surface area contributed by atoms with E-state index in [0.717, 1.165) is 17.9 Å². The fourth-order valence-electron chi connectivity index (χ4n) is 3.13. The third kappa shape index (κ3) is 3.85. The molecule has 29 heavy (non-hydrogen) atoms. The molecule has 1 fully saturated rings. The molecule has 8 nitrogen and oxygen atoms in total. The number of ether oxygens (including phenoxy) is 1. The number of halogens is 1. The van der Waals surface area contributed by atoms with Crippen molar-refractivity contribution >= 4 is 29.8 Å². The lowest BCUT2D eigenvalue weighted by Crippen LogP contribution is -2.40. The number of benzene rings is 1. The Balaban J connectivity index is 1.84. The summed E-state index contributed by atoms with van der Waals surface area (Å²) < 4.78 is 6.85. The number of amides is 3. The topological polar surface area (TPSA) is 88.8 Å².